The van der Waals surface area contributed by atoms with Gasteiger partial charge < -0.3 is 5.32 Å². The fraction of sp³-hybridized carbons (Fsp3) is 0.222. The van der Waals surface area contributed by atoms with Crippen LogP contribution in [0.25, 0.3) is 0 Å². The van der Waals surface area contributed by atoms with Crippen LogP contribution in [0.15, 0.2) is 24.4 Å². The third-order valence-electron chi connectivity index (χ3n) is 1.32. The minimum Gasteiger partial charge on any atom is -0.350 e. The molecule has 0 unspecified atom stereocenters. The Morgan fingerprint density at radius 3 is 3.15 bits per heavy atom. The molecular weight excluding hydrogens is 164 g/mol. The highest BCUT2D eigenvalue weighted by atomic mass is 15.1. The van der Waals surface area contributed by atoms with Gasteiger partial charge >= 0.3 is 0 Å². The number of hydrogen-bond acceptors (Lipinski definition) is 4. The first-order valence-corrected chi connectivity index (χ1v) is 3.84. The molecule has 0 amide bonds. The van der Waals surface area contributed by atoms with Crippen LogP contribution in [0.5, 0.6) is 0 Å². The van der Waals surface area contributed by atoms with E-state index in [4.69, 9.17) is 5.26 Å². The normalized spacial score (nSPS) is 8.92. The van der Waals surface area contributed by atoms with E-state index in [1.165, 1.54) is 0 Å². The second kappa shape index (κ2) is 4.21. The maximum absolute atomic E-state index is 8.55. The standard InChI is InChI=1S/C9H10N4/c1-7(2)6-12-9-11-4-3-8(5-10)13-9/h3-4H,1,6H2,2H3,(H,11,12,13). The molecule has 1 aromatic heterocycles. The molecule has 1 heterocycles. The minimum atomic E-state index is 0.360. The molecule has 0 aromatic carbocycles. The first-order chi connectivity index (χ1) is 6.22. The third kappa shape index (κ3) is 2.91. The van der Waals surface area contributed by atoms with Gasteiger partial charge in [0, 0.05) is 12.7 Å². The van der Waals surface area contributed by atoms with Crippen LogP contribution in [0.3, 0.4) is 0 Å². The van der Waals surface area contributed by atoms with Crippen molar-refractivity contribution in [3.63, 3.8) is 0 Å². The molecule has 0 aliphatic carbocycles. The highest BCUT2D eigenvalue weighted by molar-refractivity contribution is 5.31. The van der Waals surface area contributed by atoms with Crippen LogP contribution in [0.4, 0.5) is 5.95 Å². The van der Waals surface area contributed by atoms with Gasteiger partial charge in [-0.3, -0.25) is 0 Å². The van der Waals surface area contributed by atoms with E-state index in [1.807, 2.05) is 13.0 Å². The van der Waals surface area contributed by atoms with E-state index >= 15 is 0 Å². The van der Waals surface area contributed by atoms with E-state index in [9.17, 15) is 0 Å². The molecule has 0 radical (unpaired) electrons. The topological polar surface area (TPSA) is 61.6 Å². The third-order valence-corrected chi connectivity index (χ3v) is 1.32. The average Bonchev–Trinajstić information content (AvgIpc) is 2.15. The fourth-order valence-electron chi connectivity index (χ4n) is 0.736. The Kier molecular flexibility index (Phi) is 2.98. The molecule has 0 aliphatic rings. The summed E-state index contributed by atoms with van der Waals surface area (Å²) in [5, 5.41) is 11.5. The van der Waals surface area contributed by atoms with Crippen molar-refractivity contribution in [3.8, 4) is 6.07 Å². The van der Waals surface area contributed by atoms with Gasteiger partial charge in [-0.1, -0.05) is 12.2 Å². The molecule has 13 heavy (non-hydrogen) atoms. The summed E-state index contributed by atoms with van der Waals surface area (Å²) in [6, 6.07) is 3.50. The summed E-state index contributed by atoms with van der Waals surface area (Å²) >= 11 is 0. The quantitative estimate of drug-likeness (QED) is 0.702. The van der Waals surface area contributed by atoms with Crippen molar-refractivity contribution in [2.45, 2.75) is 6.92 Å². The summed E-state index contributed by atoms with van der Waals surface area (Å²) in [6.45, 7) is 6.25. The summed E-state index contributed by atoms with van der Waals surface area (Å²) in [6.07, 6.45) is 1.55. The zero-order valence-electron chi connectivity index (χ0n) is 7.41. The van der Waals surface area contributed by atoms with Gasteiger partial charge in [0.25, 0.3) is 0 Å². The first-order valence-electron chi connectivity index (χ1n) is 3.84. The molecule has 1 N–H and O–H groups in total. The molecule has 1 rings (SSSR count). The lowest BCUT2D eigenvalue weighted by molar-refractivity contribution is 1.08. The monoisotopic (exact) mass is 174 g/mol. The second-order valence-electron chi connectivity index (χ2n) is 2.69. The summed E-state index contributed by atoms with van der Waals surface area (Å²) in [5.41, 5.74) is 1.35. The van der Waals surface area contributed by atoms with Crippen molar-refractivity contribution in [1.82, 2.24) is 9.97 Å². The van der Waals surface area contributed by atoms with Crippen LogP contribution >= 0.6 is 0 Å². The number of nitrogens with one attached hydrogen (secondary N) is 1. The van der Waals surface area contributed by atoms with Crippen LogP contribution in [0.2, 0.25) is 0 Å². The Bertz CT molecular complexity index is 351. The van der Waals surface area contributed by atoms with Gasteiger partial charge in [0.05, 0.1) is 0 Å². The van der Waals surface area contributed by atoms with Gasteiger partial charge in [-0.15, -0.1) is 0 Å². The first kappa shape index (κ1) is 9.20. The van der Waals surface area contributed by atoms with Gasteiger partial charge in [-0.2, -0.15) is 5.26 Å². The SMILES string of the molecule is C=C(C)CNc1nccc(C#N)n1. The molecule has 0 saturated carbocycles. The van der Waals surface area contributed by atoms with Crippen molar-refractivity contribution in [2.24, 2.45) is 0 Å². The predicted octanol–water partition coefficient (Wildman–Crippen LogP) is 1.34. The lowest BCUT2D eigenvalue weighted by atomic mass is 10.3. The minimum absolute atomic E-state index is 0.360. The molecule has 66 valence electrons. The van der Waals surface area contributed by atoms with Crippen molar-refractivity contribution < 1.29 is 0 Å². The molecule has 4 heteroatoms. The Morgan fingerprint density at radius 1 is 1.77 bits per heavy atom. The largest absolute Gasteiger partial charge is 0.350 e. The molecular formula is C9H10N4. The van der Waals surface area contributed by atoms with Crippen LogP contribution in [0, 0.1) is 11.3 Å². The van der Waals surface area contributed by atoms with Crippen LogP contribution in [-0.4, -0.2) is 16.5 Å². The van der Waals surface area contributed by atoms with E-state index in [1.54, 1.807) is 12.3 Å². The molecule has 0 atom stereocenters. The van der Waals surface area contributed by atoms with Crippen molar-refractivity contribution in [2.75, 3.05) is 11.9 Å². The van der Waals surface area contributed by atoms with Gasteiger partial charge in [0.2, 0.25) is 5.95 Å². The lowest BCUT2D eigenvalue weighted by Gasteiger charge is -2.02. The zero-order valence-corrected chi connectivity index (χ0v) is 7.41. The predicted molar refractivity (Wildman–Crippen MR) is 50.1 cm³/mol. The number of aromatic nitrogens is 2. The highest BCUT2D eigenvalue weighted by Crippen LogP contribution is 1.99. The average molecular weight is 174 g/mol. The van der Waals surface area contributed by atoms with Gasteiger partial charge in [0.15, 0.2) is 0 Å². The van der Waals surface area contributed by atoms with Gasteiger partial charge in [0.1, 0.15) is 11.8 Å². The zero-order chi connectivity index (χ0) is 9.68. The Hall–Kier alpha value is -1.89. The van der Waals surface area contributed by atoms with E-state index in [2.05, 4.69) is 21.9 Å². The summed E-state index contributed by atoms with van der Waals surface area (Å²) in [5.74, 6) is 0.460. The molecule has 1 aromatic rings. The van der Waals surface area contributed by atoms with E-state index in [0.29, 0.717) is 18.2 Å². The number of nitriles is 1. The van der Waals surface area contributed by atoms with Crippen LogP contribution in [-0.2, 0) is 0 Å². The Morgan fingerprint density at radius 2 is 2.54 bits per heavy atom. The summed E-state index contributed by atoms with van der Waals surface area (Å²) in [4.78, 5) is 7.88. The van der Waals surface area contributed by atoms with Crippen molar-refractivity contribution >= 4 is 5.95 Å². The lowest BCUT2D eigenvalue weighted by Crippen LogP contribution is -2.06. The summed E-state index contributed by atoms with van der Waals surface area (Å²) in [7, 11) is 0. The number of rotatable bonds is 3. The Labute approximate surface area is 76.9 Å². The number of hydrogen-bond donors (Lipinski definition) is 1. The number of nitrogens with zero attached hydrogens (tertiary/aromatic N) is 3. The molecule has 0 saturated heterocycles. The smallest absolute Gasteiger partial charge is 0.224 e. The van der Waals surface area contributed by atoms with E-state index in [-0.39, 0.29) is 0 Å². The fourth-order valence-corrected chi connectivity index (χ4v) is 0.736. The number of anilines is 1. The molecule has 0 bridgehead atoms. The molecule has 0 fully saturated rings. The van der Waals surface area contributed by atoms with Crippen molar-refractivity contribution in [3.05, 3.63) is 30.1 Å². The van der Waals surface area contributed by atoms with E-state index in [0.717, 1.165) is 5.57 Å². The maximum Gasteiger partial charge on any atom is 0.224 e. The second-order valence-corrected chi connectivity index (χ2v) is 2.69. The molecule has 4 nitrogen and oxygen atoms in total. The van der Waals surface area contributed by atoms with Crippen LogP contribution in [0.1, 0.15) is 12.6 Å². The van der Waals surface area contributed by atoms with Crippen LogP contribution < -0.4 is 5.32 Å². The highest BCUT2D eigenvalue weighted by Gasteiger charge is 1.96. The van der Waals surface area contributed by atoms with E-state index < -0.39 is 0 Å². The molecule has 0 spiro atoms. The van der Waals surface area contributed by atoms with Gasteiger partial charge in [-0.05, 0) is 13.0 Å². The van der Waals surface area contributed by atoms with Gasteiger partial charge in [-0.25, -0.2) is 9.97 Å². The Balaban J connectivity index is 2.68. The maximum atomic E-state index is 8.55. The molecule has 0 aliphatic heterocycles. The van der Waals surface area contributed by atoms with Crippen molar-refractivity contribution in [1.29, 1.82) is 5.26 Å². The summed E-state index contributed by atoms with van der Waals surface area (Å²) < 4.78 is 0.